The van der Waals surface area contributed by atoms with Gasteiger partial charge in [-0.2, -0.15) is 0 Å². The zero-order valence-corrected chi connectivity index (χ0v) is 21.7. The first-order valence-electron chi connectivity index (χ1n) is 13.4. The van der Waals surface area contributed by atoms with Crippen molar-refractivity contribution in [2.45, 2.75) is 26.2 Å². The largest absolute Gasteiger partial charge is 0.388 e. The Balaban J connectivity index is 1.75. The molecular formula is C36H31NO. The first-order valence-corrected chi connectivity index (χ1v) is 13.4. The van der Waals surface area contributed by atoms with Gasteiger partial charge in [-0.3, -0.25) is 4.79 Å². The summed E-state index contributed by atoms with van der Waals surface area (Å²) in [5.74, 6) is 0.143. The summed E-state index contributed by atoms with van der Waals surface area (Å²) in [7, 11) is 0. The van der Waals surface area contributed by atoms with Gasteiger partial charge in [-0.25, -0.2) is 0 Å². The molecule has 0 radical (unpaired) electrons. The van der Waals surface area contributed by atoms with Gasteiger partial charge in [-0.15, -0.1) is 0 Å². The number of ketones is 1. The molecule has 0 saturated heterocycles. The van der Waals surface area contributed by atoms with Gasteiger partial charge in [0.1, 0.15) is 0 Å². The molecule has 0 amide bonds. The van der Waals surface area contributed by atoms with Gasteiger partial charge in [0.05, 0.1) is 0 Å². The second-order valence-corrected chi connectivity index (χ2v) is 9.97. The first-order chi connectivity index (χ1) is 18.7. The molecule has 3 aromatic carbocycles. The highest BCUT2D eigenvalue weighted by molar-refractivity contribution is 6.33. The molecule has 3 aliphatic rings. The Bertz CT molecular complexity index is 1520. The van der Waals surface area contributed by atoms with Crippen molar-refractivity contribution in [3.8, 4) is 0 Å². The highest BCUT2D eigenvalue weighted by Crippen LogP contribution is 2.50. The van der Waals surface area contributed by atoms with Crippen molar-refractivity contribution in [1.82, 2.24) is 5.32 Å². The van der Waals surface area contributed by atoms with Gasteiger partial charge in [-0.1, -0.05) is 109 Å². The monoisotopic (exact) mass is 493 g/mol. The Labute approximate surface area is 225 Å². The van der Waals surface area contributed by atoms with E-state index >= 15 is 0 Å². The molecule has 38 heavy (non-hydrogen) atoms. The van der Waals surface area contributed by atoms with Gasteiger partial charge in [0.2, 0.25) is 0 Å². The lowest BCUT2D eigenvalue weighted by molar-refractivity contribution is -0.113. The fraction of sp³-hybridized carbons (Fsp3) is 0.139. The maximum absolute atomic E-state index is 14.4. The van der Waals surface area contributed by atoms with E-state index in [1.165, 1.54) is 0 Å². The second-order valence-electron chi connectivity index (χ2n) is 9.97. The number of Topliss-reactive ketones (excluding diaryl/α,β-unsaturated/α-hetero) is 1. The quantitative estimate of drug-likeness (QED) is 0.373. The van der Waals surface area contributed by atoms with Gasteiger partial charge in [-0.05, 0) is 65.7 Å². The number of rotatable bonds is 4. The first kappa shape index (κ1) is 23.9. The van der Waals surface area contributed by atoms with Crippen molar-refractivity contribution in [3.63, 3.8) is 0 Å². The number of hydrogen-bond acceptors (Lipinski definition) is 2. The van der Waals surface area contributed by atoms with Crippen LogP contribution in [0.2, 0.25) is 0 Å². The molecular weight excluding hydrogens is 462 g/mol. The topological polar surface area (TPSA) is 29.1 Å². The van der Waals surface area contributed by atoms with Gasteiger partial charge >= 0.3 is 0 Å². The number of hydrogen-bond donors (Lipinski definition) is 1. The molecule has 0 atom stereocenters. The molecule has 186 valence electrons. The van der Waals surface area contributed by atoms with E-state index in [4.69, 9.17) is 0 Å². The van der Waals surface area contributed by atoms with E-state index in [1.807, 2.05) is 18.2 Å². The zero-order chi connectivity index (χ0) is 25.9. The summed E-state index contributed by atoms with van der Waals surface area (Å²) in [5, 5.41) is 3.42. The summed E-state index contributed by atoms with van der Waals surface area (Å²) in [6.07, 6.45) is 11.7. The minimum atomic E-state index is 0.143. The van der Waals surface area contributed by atoms with E-state index in [9.17, 15) is 4.79 Å². The Morgan fingerprint density at radius 3 is 1.82 bits per heavy atom. The number of nitrogens with one attached hydrogen (secondary N) is 1. The maximum Gasteiger partial charge on any atom is 0.195 e. The van der Waals surface area contributed by atoms with Crippen LogP contribution in [0.3, 0.4) is 0 Å². The summed E-state index contributed by atoms with van der Waals surface area (Å²) in [5.41, 5.74) is 11.6. The van der Waals surface area contributed by atoms with Gasteiger partial charge < -0.3 is 5.32 Å². The molecule has 2 heteroatoms. The number of allylic oxidation sites excluding steroid dienone is 10. The molecule has 2 nitrogen and oxygen atoms in total. The van der Waals surface area contributed by atoms with Crippen LogP contribution < -0.4 is 5.32 Å². The van der Waals surface area contributed by atoms with Crippen LogP contribution >= 0.6 is 0 Å². The van der Waals surface area contributed by atoms with Crippen LogP contribution in [-0.2, 0) is 4.79 Å². The number of carbonyl (C=O) groups excluding carboxylic acids is 1. The lowest BCUT2D eigenvalue weighted by Crippen LogP contribution is -2.30. The molecule has 0 spiro atoms. The van der Waals surface area contributed by atoms with Crippen molar-refractivity contribution in [1.29, 1.82) is 0 Å². The third kappa shape index (κ3) is 4.43. The molecule has 1 heterocycles. The molecule has 2 aliphatic carbocycles. The summed E-state index contributed by atoms with van der Waals surface area (Å²) < 4.78 is 0. The highest BCUT2D eigenvalue weighted by atomic mass is 16.1. The van der Waals surface area contributed by atoms with Crippen LogP contribution in [0, 0.1) is 0 Å². The number of benzene rings is 3. The Kier molecular flexibility index (Phi) is 6.62. The molecule has 3 aromatic rings. The van der Waals surface area contributed by atoms with E-state index < -0.39 is 0 Å². The van der Waals surface area contributed by atoms with Crippen LogP contribution in [0.1, 0.15) is 42.9 Å². The van der Waals surface area contributed by atoms with Crippen LogP contribution in [-0.4, -0.2) is 12.3 Å². The van der Waals surface area contributed by atoms with Crippen molar-refractivity contribution in [2.24, 2.45) is 0 Å². The molecule has 1 aliphatic heterocycles. The fourth-order valence-electron chi connectivity index (χ4n) is 5.71. The molecule has 6 rings (SSSR count). The SMILES string of the molecule is CC1=CC(=C2C(=O)/C(=C(/C3=CCCC=C3)c3ccccc3)C2=C(c2ccccc2)c2ccccc2)CCN1. The van der Waals surface area contributed by atoms with E-state index in [-0.39, 0.29) is 5.78 Å². The Hall–Kier alpha value is -4.43. The number of carbonyl (C=O) groups is 1. The Morgan fingerprint density at radius 2 is 1.29 bits per heavy atom. The summed E-state index contributed by atoms with van der Waals surface area (Å²) in [6.45, 7) is 2.91. The maximum atomic E-state index is 14.4. The minimum Gasteiger partial charge on any atom is -0.388 e. The average molecular weight is 494 g/mol. The van der Waals surface area contributed by atoms with Crippen LogP contribution in [0.25, 0.3) is 11.1 Å². The van der Waals surface area contributed by atoms with Crippen molar-refractivity contribution in [3.05, 3.63) is 166 Å². The smallest absolute Gasteiger partial charge is 0.195 e. The van der Waals surface area contributed by atoms with Crippen molar-refractivity contribution in [2.75, 3.05) is 6.54 Å². The lowest BCUT2D eigenvalue weighted by Gasteiger charge is -2.34. The summed E-state index contributed by atoms with van der Waals surface area (Å²) in [4.78, 5) is 14.4. The fourth-order valence-corrected chi connectivity index (χ4v) is 5.71. The van der Waals surface area contributed by atoms with Gasteiger partial charge in [0.25, 0.3) is 0 Å². The van der Waals surface area contributed by atoms with E-state index in [2.05, 4.69) is 109 Å². The summed E-state index contributed by atoms with van der Waals surface area (Å²) >= 11 is 0. The third-order valence-corrected chi connectivity index (χ3v) is 7.44. The van der Waals surface area contributed by atoms with Crippen LogP contribution in [0.4, 0.5) is 0 Å². The second kappa shape index (κ2) is 10.5. The molecule has 1 N–H and O–H groups in total. The normalized spacial score (nSPS) is 20.2. The molecule has 0 bridgehead atoms. The van der Waals surface area contributed by atoms with E-state index in [0.717, 1.165) is 87.2 Å². The van der Waals surface area contributed by atoms with E-state index in [1.54, 1.807) is 0 Å². The predicted molar refractivity (Wildman–Crippen MR) is 157 cm³/mol. The zero-order valence-electron chi connectivity index (χ0n) is 21.7. The average Bonchev–Trinajstić information content (AvgIpc) is 2.97. The highest BCUT2D eigenvalue weighted by Gasteiger charge is 2.42. The van der Waals surface area contributed by atoms with Crippen molar-refractivity contribution < 1.29 is 4.79 Å². The van der Waals surface area contributed by atoms with Crippen molar-refractivity contribution >= 4 is 16.9 Å². The Morgan fingerprint density at radius 1 is 0.711 bits per heavy atom. The lowest BCUT2D eigenvalue weighted by atomic mass is 9.67. The van der Waals surface area contributed by atoms with Gasteiger partial charge in [0.15, 0.2) is 5.78 Å². The predicted octanol–water partition coefficient (Wildman–Crippen LogP) is 8.00. The molecule has 1 fully saturated rings. The van der Waals surface area contributed by atoms with Crippen LogP contribution in [0.15, 0.2) is 149 Å². The van der Waals surface area contributed by atoms with Crippen LogP contribution in [0.5, 0.6) is 0 Å². The molecule has 0 aromatic heterocycles. The molecule has 0 unspecified atom stereocenters. The van der Waals surface area contributed by atoms with E-state index in [0.29, 0.717) is 0 Å². The molecule has 1 saturated carbocycles. The third-order valence-electron chi connectivity index (χ3n) is 7.44. The standard InChI is InChI=1S/C36H31NO/c1-25-24-30(22-23-37-25)33-34(31(26-14-6-2-7-15-26)27-16-8-3-9-17-27)35(36(33)38)32(28-18-10-4-11-19-28)29-20-12-5-13-21-29/h2-4,6-12,14-21,24,37H,5,13,22-23H2,1H3/b33-30?,35-32+. The minimum absolute atomic E-state index is 0.143. The van der Waals surface area contributed by atoms with Gasteiger partial charge in [0, 0.05) is 34.5 Å². The summed E-state index contributed by atoms with van der Waals surface area (Å²) in [6, 6.07) is 31.4.